The molecular formula is C33H43N3O6S. The van der Waals surface area contributed by atoms with Crippen LogP contribution in [0, 0.1) is 13.8 Å². The van der Waals surface area contributed by atoms with E-state index in [2.05, 4.69) is 5.32 Å². The molecule has 43 heavy (non-hydrogen) atoms. The third-order valence-corrected chi connectivity index (χ3v) is 9.16. The summed E-state index contributed by atoms with van der Waals surface area (Å²) in [5.74, 6) is 0.142. The number of carbonyl (C=O) groups is 2. The minimum absolute atomic E-state index is 0.0396. The van der Waals surface area contributed by atoms with Crippen molar-refractivity contribution in [2.45, 2.75) is 71.0 Å². The fourth-order valence-electron chi connectivity index (χ4n) is 4.63. The Hall–Kier alpha value is -4.05. The Morgan fingerprint density at radius 2 is 1.49 bits per heavy atom. The Morgan fingerprint density at radius 1 is 0.860 bits per heavy atom. The van der Waals surface area contributed by atoms with Crippen molar-refractivity contribution in [3.63, 3.8) is 0 Å². The van der Waals surface area contributed by atoms with Gasteiger partial charge in [0.2, 0.25) is 11.8 Å². The fraction of sp³-hybridized carbons (Fsp3) is 0.394. The standard InChI is InChI=1S/C33H43N3O6S/c1-8-25(5)34-33(38)29(9-2)35(21-26-13-15-27(41-6)16-14-26)32(37)22-36(30-20-24(4)12-19-31(30)42-7)43(39,40)28-17-10-23(3)11-18-28/h10-20,25,29H,8-9,21-22H2,1-7H3,(H,34,38)/t25-,29-/m0/s1. The zero-order valence-corrected chi connectivity index (χ0v) is 26.9. The molecule has 0 saturated carbocycles. The van der Waals surface area contributed by atoms with Gasteiger partial charge in [0.15, 0.2) is 0 Å². The van der Waals surface area contributed by atoms with E-state index in [0.717, 1.165) is 27.4 Å². The van der Waals surface area contributed by atoms with E-state index in [1.54, 1.807) is 43.5 Å². The first kappa shape index (κ1) is 33.5. The van der Waals surface area contributed by atoms with Crippen LogP contribution < -0.4 is 19.1 Å². The number of nitrogens with zero attached hydrogens (tertiary/aromatic N) is 2. The summed E-state index contributed by atoms with van der Waals surface area (Å²) < 4.78 is 40.2. The van der Waals surface area contributed by atoms with E-state index in [-0.39, 0.29) is 29.1 Å². The van der Waals surface area contributed by atoms with E-state index in [9.17, 15) is 18.0 Å². The molecule has 3 aromatic rings. The van der Waals surface area contributed by atoms with Crippen LogP contribution in [0.2, 0.25) is 0 Å². The molecule has 0 fully saturated rings. The maximum absolute atomic E-state index is 14.3. The lowest BCUT2D eigenvalue weighted by Gasteiger charge is -2.34. The predicted molar refractivity (Wildman–Crippen MR) is 169 cm³/mol. The van der Waals surface area contributed by atoms with Gasteiger partial charge in [0, 0.05) is 12.6 Å². The van der Waals surface area contributed by atoms with Gasteiger partial charge in [-0.3, -0.25) is 13.9 Å². The zero-order chi connectivity index (χ0) is 31.7. The van der Waals surface area contributed by atoms with Crippen LogP contribution in [-0.2, 0) is 26.2 Å². The summed E-state index contributed by atoms with van der Waals surface area (Å²) in [4.78, 5) is 29.3. The maximum atomic E-state index is 14.3. The Morgan fingerprint density at radius 3 is 2.05 bits per heavy atom. The summed E-state index contributed by atoms with van der Waals surface area (Å²) in [6.45, 7) is 8.96. The van der Waals surface area contributed by atoms with E-state index in [1.165, 1.54) is 24.1 Å². The van der Waals surface area contributed by atoms with Gasteiger partial charge in [0.25, 0.3) is 10.0 Å². The average Bonchev–Trinajstić information content (AvgIpc) is 2.99. The molecule has 2 amide bonds. The number of carbonyl (C=O) groups excluding carboxylic acids is 2. The molecular weight excluding hydrogens is 566 g/mol. The molecule has 3 aromatic carbocycles. The topological polar surface area (TPSA) is 105 Å². The van der Waals surface area contributed by atoms with E-state index in [0.29, 0.717) is 17.9 Å². The lowest BCUT2D eigenvalue weighted by molar-refractivity contribution is -0.140. The van der Waals surface area contributed by atoms with Crippen molar-refractivity contribution in [2.75, 3.05) is 25.1 Å². The molecule has 0 radical (unpaired) electrons. The number of hydrogen-bond donors (Lipinski definition) is 1. The first-order chi connectivity index (χ1) is 20.4. The van der Waals surface area contributed by atoms with Crippen molar-refractivity contribution in [2.24, 2.45) is 0 Å². The van der Waals surface area contributed by atoms with Crippen molar-refractivity contribution in [1.29, 1.82) is 0 Å². The molecule has 0 aromatic heterocycles. The molecule has 1 N–H and O–H groups in total. The largest absolute Gasteiger partial charge is 0.497 e. The number of benzene rings is 3. The van der Waals surface area contributed by atoms with Crippen LogP contribution in [-0.4, -0.2) is 58.0 Å². The predicted octanol–water partition coefficient (Wildman–Crippen LogP) is 5.24. The number of rotatable bonds is 14. The van der Waals surface area contributed by atoms with Gasteiger partial charge >= 0.3 is 0 Å². The second-order valence-electron chi connectivity index (χ2n) is 10.6. The summed E-state index contributed by atoms with van der Waals surface area (Å²) in [5, 5.41) is 2.99. The highest BCUT2D eigenvalue weighted by atomic mass is 32.2. The van der Waals surface area contributed by atoms with Crippen molar-refractivity contribution in [3.05, 3.63) is 83.4 Å². The highest BCUT2D eigenvalue weighted by molar-refractivity contribution is 7.92. The zero-order valence-electron chi connectivity index (χ0n) is 26.1. The first-order valence-corrected chi connectivity index (χ1v) is 15.9. The first-order valence-electron chi connectivity index (χ1n) is 14.4. The molecule has 0 bridgehead atoms. The van der Waals surface area contributed by atoms with E-state index in [1.807, 2.05) is 52.8 Å². The number of nitrogens with one attached hydrogen (secondary N) is 1. The molecule has 3 rings (SSSR count). The SMILES string of the molecule is CC[C@H](C)NC(=O)[C@H](CC)N(Cc1ccc(OC)cc1)C(=O)CN(c1cc(C)ccc1OC)S(=O)(=O)c1ccc(C)cc1. The highest BCUT2D eigenvalue weighted by Gasteiger charge is 2.35. The molecule has 0 heterocycles. The van der Waals surface area contributed by atoms with Gasteiger partial charge in [-0.15, -0.1) is 0 Å². The normalized spacial score (nSPS) is 12.6. The third kappa shape index (κ3) is 8.28. The molecule has 0 unspecified atom stereocenters. The monoisotopic (exact) mass is 609 g/mol. The Balaban J connectivity index is 2.12. The van der Waals surface area contributed by atoms with Crippen LogP contribution in [0.15, 0.2) is 71.6 Å². The summed E-state index contributed by atoms with van der Waals surface area (Å²) in [6.07, 6.45) is 1.06. The Kier molecular flexibility index (Phi) is 11.6. The number of anilines is 1. The van der Waals surface area contributed by atoms with Gasteiger partial charge in [0.05, 0.1) is 24.8 Å². The second kappa shape index (κ2) is 14.9. The molecule has 9 nitrogen and oxygen atoms in total. The van der Waals surface area contributed by atoms with Gasteiger partial charge in [-0.1, -0.05) is 49.7 Å². The summed E-state index contributed by atoms with van der Waals surface area (Å²) in [6, 6.07) is 17.9. The Bertz CT molecular complexity index is 1490. The lowest BCUT2D eigenvalue weighted by atomic mass is 10.1. The number of aryl methyl sites for hydroxylation is 2. The van der Waals surface area contributed by atoms with Gasteiger partial charge < -0.3 is 19.7 Å². The average molecular weight is 610 g/mol. The van der Waals surface area contributed by atoms with Crippen LogP contribution in [0.5, 0.6) is 11.5 Å². The minimum atomic E-state index is -4.22. The van der Waals surface area contributed by atoms with Gasteiger partial charge in [-0.05, 0) is 81.1 Å². The molecule has 10 heteroatoms. The molecule has 0 spiro atoms. The fourth-order valence-corrected chi connectivity index (χ4v) is 6.05. The van der Waals surface area contributed by atoms with Crippen molar-refractivity contribution in [3.8, 4) is 11.5 Å². The summed E-state index contributed by atoms with van der Waals surface area (Å²) in [5.41, 5.74) is 2.70. The van der Waals surface area contributed by atoms with Crippen LogP contribution in [0.4, 0.5) is 5.69 Å². The molecule has 0 saturated heterocycles. The number of hydrogen-bond acceptors (Lipinski definition) is 6. The summed E-state index contributed by atoms with van der Waals surface area (Å²) >= 11 is 0. The second-order valence-corrected chi connectivity index (χ2v) is 12.5. The van der Waals surface area contributed by atoms with E-state index in [4.69, 9.17) is 9.47 Å². The smallest absolute Gasteiger partial charge is 0.264 e. The summed E-state index contributed by atoms with van der Waals surface area (Å²) in [7, 11) is -1.19. The van der Waals surface area contributed by atoms with Crippen molar-refractivity contribution < 1.29 is 27.5 Å². The molecule has 232 valence electrons. The number of amides is 2. The third-order valence-electron chi connectivity index (χ3n) is 7.39. The quantitative estimate of drug-likeness (QED) is 0.268. The van der Waals surface area contributed by atoms with Crippen molar-refractivity contribution in [1.82, 2.24) is 10.2 Å². The Labute approximate surface area is 255 Å². The van der Waals surface area contributed by atoms with Gasteiger partial charge in [-0.2, -0.15) is 0 Å². The van der Waals surface area contributed by atoms with E-state index < -0.39 is 28.5 Å². The maximum Gasteiger partial charge on any atom is 0.264 e. The van der Waals surface area contributed by atoms with Crippen LogP contribution in [0.1, 0.15) is 50.3 Å². The number of ether oxygens (including phenoxy) is 2. The number of methoxy groups -OCH3 is 2. The highest BCUT2D eigenvalue weighted by Crippen LogP contribution is 2.34. The molecule has 2 atom stereocenters. The van der Waals surface area contributed by atoms with Crippen LogP contribution >= 0.6 is 0 Å². The van der Waals surface area contributed by atoms with Gasteiger partial charge in [-0.25, -0.2) is 8.42 Å². The molecule has 0 aliphatic rings. The van der Waals surface area contributed by atoms with Gasteiger partial charge in [0.1, 0.15) is 24.1 Å². The molecule has 0 aliphatic heterocycles. The minimum Gasteiger partial charge on any atom is -0.497 e. The lowest BCUT2D eigenvalue weighted by Crippen LogP contribution is -2.53. The van der Waals surface area contributed by atoms with Crippen LogP contribution in [0.3, 0.4) is 0 Å². The van der Waals surface area contributed by atoms with Crippen molar-refractivity contribution >= 4 is 27.5 Å². The molecule has 0 aliphatic carbocycles. The van der Waals surface area contributed by atoms with Crippen LogP contribution in [0.25, 0.3) is 0 Å². The number of sulfonamides is 1. The van der Waals surface area contributed by atoms with E-state index >= 15 is 0 Å².